The summed E-state index contributed by atoms with van der Waals surface area (Å²) < 4.78 is 6.36. The van der Waals surface area contributed by atoms with Gasteiger partial charge in [-0.2, -0.15) is 10.5 Å². The van der Waals surface area contributed by atoms with Crippen LogP contribution in [0.15, 0.2) is 30.3 Å². The molecule has 2 aliphatic heterocycles. The Labute approximate surface area is 241 Å². The summed E-state index contributed by atoms with van der Waals surface area (Å²) in [7, 11) is 2.12. The third-order valence-electron chi connectivity index (χ3n) is 8.80. The molecule has 3 aromatic rings. The molecule has 1 N–H and O–H groups in total. The minimum Gasteiger partial charge on any atom is -0.475 e. The van der Waals surface area contributed by atoms with Crippen LogP contribution in [0.25, 0.3) is 22.0 Å². The van der Waals surface area contributed by atoms with E-state index in [0.29, 0.717) is 48.6 Å². The van der Waals surface area contributed by atoms with Crippen molar-refractivity contribution in [2.45, 2.75) is 57.0 Å². The number of fused-ring (bicyclic) bond motifs is 2. The Morgan fingerprint density at radius 3 is 2.80 bits per heavy atom. The molecule has 0 amide bonds. The quantitative estimate of drug-likeness (QED) is 0.432. The first-order chi connectivity index (χ1) is 19.6. The lowest BCUT2D eigenvalue weighted by molar-refractivity contribution is 0.193. The number of halogens is 1. The number of aromatic nitrogens is 1. The fourth-order valence-electron chi connectivity index (χ4n) is 6.66. The first-order valence-electron chi connectivity index (χ1n) is 14.4. The summed E-state index contributed by atoms with van der Waals surface area (Å²) in [5, 5.41) is 24.7. The van der Waals surface area contributed by atoms with Crippen LogP contribution < -0.4 is 15.0 Å². The van der Waals surface area contributed by atoms with Gasteiger partial charge in [0.1, 0.15) is 18.2 Å². The van der Waals surface area contributed by atoms with Gasteiger partial charge in [0.05, 0.1) is 23.7 Å². The second kappa shape index (κ2) is 11.6. The monoisotopic (exact) mass is 554 g/mol. The van der Waals surface area contributed by atoms with Crippen LogP contribution in [-0.4, -0.2) is 61.8 Å². The number of benzene rings is 2. The number of nitriles is 2. The maximum Gasteiger partial charge on any atom is 0.234 e. The number of piperazine rings is 1. The number of anilines is 1. The number of aryl methyl sites for hydroxylation is 1. The fraction of sp³-hybridized carbons (Fsp3) is 0.469. The summed E-state index contributed by atoms with van der Waals surface area (Å²) in [6, 6.07) is 15.6. The van der Waals surface area contributed by atoms with Crippen molar-refractivity contribution >= 4 is 28.2 Å². The highest BCUT2D eigenvalue weighted by atomic mass is 35.5. The van der Waals surface area contributed by atoms with Gasteiger partial charge in [0.15, 0.2) is 0 Å². The number of nitrogens with zero attached hydrogens (tertiary/aromatic N) is 5. The Morgan fingerprint density at radius 2 is 2.00 bits per heavy atom. The van der Waals surface area contributed by atoms with E-state index in [1.54, 1.807) is 0 Å². The SMILES string of the molecule is CN1CCC[C@H]1COc1nc2cc(-c3cccc4c3CCCC4)c(Cl)cc2c(N2CCN[C@@H](CC#N)C2)c1C#N. The first kappa shape index (κ1) is 26.8. The number of likely N-dealkylation sites (N-methyl/N-ethyl adjacent to an activating group) is 1. The van der Waals surface area contributed by atoms with Gasteiger partial charge in [-0.05, 0) is 80.9 Å². The Bertz CT molecular complexity index is 1510. The third-order valence-corrected chi connectivity index (χ3v) is 9.12. The molecule has 6 rings (SSSR count). The van der Waals surface area contributed by atoms with Crippen molar-refractivity contribution in [3.63, 3.8) is 0 Å². The Balaban J connectivity index is 1.49. The van der Waals surface area contributed by atoms with E-state index < -0.39 is 0 Å². The molecule has 8 heteroatoms. The summed E-state index contributed by atoms with van der Waals surface area (Å²) >= 11 is 7.05. The molecule has 40 heavy (non-hydrogen) atoms. The van der Waals surface area contributed by atoms with Gasteiger partial charge in [-0.1, -0.05) is 29.8 Å². The zero-order valence-corrected chi connectivity index (χ0v) is 23.8. The second-order valence-electron chi connectivity index (χ2n) is 11.3. The standard InChI is InChI=1S/C32H35ClN6O/c1-38-14-5-8-23(38)20-40-32-28(18-35)31(39-15-13-36-22(19-39)11-12-34)27-16-29(33)26(17-30(27)37-32)25-10-4-7-21-6-2-3-9-24(21)25/h4,7,10,16-17,22-23,36H,2-3,5-6,8-9,11,13-15,19-20H2,1H3/t22-,23-/m0/s1. The van der Waals surface area contributed by atoms with Crippen LogP contribution in [-0.2, 0) is 12.8 Å². The summed E-state index contributed by atoms with van der Waals surface area (Å²) in [6.45, 7) is 3.62. The molecule has 2 atom stereocenters. The van der Waals surface area contributed by atoms with E-state index in [1.165, 1.54) is 29.5 Å². The van der Waals surface area contributed by atoms with Crippen LogP contribution in [0.1, 0.15) is 48.8 Å². The van der Waals surface area contributed by atoms with Crippen LogP contribution in [0.5, 0.6) is 5.88 Å². The van der Waals surface area contributed by atoms with Crippen molar-refractivity contribution in [1.82, 2.24) is 15.2 Å². The van der Waals surface area contributed by atoms with Crippen molar-refractivity contribution in [2.75, 3.05) is 44.7 Å². The topological polar surface area (TPSA) is 88.2 Å². The Hall–Kier alpha value is -3.36. The maximum atomic E-state index is 10.4. The molecular formula is C32H35ClN6O. The molecule has 7 nitrogen and oxygen atoms in total. The molecule has 3 heterocycles. The summed E-state index contributed by atoms with van der Waals surface area (Å²) in [5.74, 6) is 0.379. The maximum absolute atomic E-state index is 10.4. The van der Waals surface area contributed by atoms with E-state index in [1.807, 2.05) is 6.07 Å². The first-order valence-corrected chi connectivity index (χ1v) is 14.8. The van der Waals surface area contributed by atoms with Crippen molar-refractivity contribution in [3.8, 4) is 29.1 Å². The van der Waals surface area contributed by atoms with E-state index in [4.69, 9.17) is 21.3 Å². The van der Waals surface area contributed by atoms with Crippen molar-refractivity contribution in [1.29, 1.82) is 10.5 Å². The number of rotatable bonds is 6. The third kappa shape index (κ3) is 5.10. The highest BCUT2D eigenvalue weighted by Gasteiger charge is 2.29. The predicted molar refractivity (Wildman–Crippen MR) is 159 cm³/mol. The van der Waals surface area contributed by atoms with Gasteiger partial charge in [-0.25, -0.2) is 4.98 Å². The van der Waals surface area contributed by atoms with E-state index in [9.17, 15) is 10.5 Å². The van der Waals surface area contributed by atoms with Crippen LogP contribution >= 0.6 is 11.6 Å². The molecule has 3 aliphatic rings. The molecule has 0 saturated carbocycles. The molecule has 0 spiro atoms. The largest absolute Gasteiger partial charge is 0.475 e. The molecule has 1 aliphatic carbocycles. The number of hydrogen-bond acceptors (Lipinski definition) is 7. The van der Waals surface area contributed by atoms with Crippen molar-refractivity contribution in [3.05, 3.63) is 52.0 Å². The molecular weight excluding hydrogens is 520 g/mol. The number of ether oxygens (including phenoxy) is 1. The average molecular weight is 555 g/mol. The van der Waals surface area contributed by atoms with Crippen molar-refractivity contribution < 1.29 is 4.74 Å². The lowest BCUT2D eigenvalue weighted by Gasteiger charge is -2.35. The lowest BCUT2D eigenvalue weighted by Crippen LogP contribution is -2.50. The van der Waals surface area contributed by atoms with E-state index >= 15 is 0 Å². The number of nitrogens with one attached hydrogen (secondary N) is 1. The summed E-state index contributed by atoms with van der Waals surface area (Å²) in [4.78, 5) is 9.48. The number of likely N-dealkylation sites (tertiary alicyclic amines) is 1. The fourth-order valence-corrected chi connectivity index (χ4v) is 6.92. The van der Waals surface area contributed by atoms with Gasteiger partial charge in [-0.15, -0.1) is 0 Å². The summed E-state index contributed by atoms with van der Waals surface area (Å²) in [5.41, 5.74) is 6.94. The van der Waals surface area contributed by atoms with Crippen LogP contribution in [0.3, 0.4) is 0 Å². The highest BCUT2D eigenvalue weighted by molar-refractivity contribution is 6.34. The molecule has 0 unspecified atom stereocenters. The Kier molecular flexibility index (Phi) is 7.80. The molecule has 0 bridgehead atoms. The van der Waals surface area contributed by atoms with Gasteiger partial charge < -0.3 is 19.9 Å². The molecule has 0 radical (unpaired) electrons. The Morgan fingerprint density at radius 1 is 1.12 bits per heavy atom. The van der Waals surface area contributed by atoms with E-state index in [0.717, 1.165) is 60.9 Å². The van der Waals surface area contributed by atoms with Gasteiger partial charge in [0, 0.05) is 47.7 Å². The molecule has 2 aromatic carbocycles. The molecule has 1 aromatic heterocycles. The van der Waals surface area contributed by atoms with Crippen LogP contribution in [0, 0.1) is 22.7 Å². The molecule has 206 valence electrons. The smallest absolute Gasteiger partial charge is 0.234 e. The molecule has 2 saturated heterocycles. The van der Waals surface area contributed by atoms with Crippen LogP contribution in [0.2, 0.25) is 5.02 Å². The van der Waals surface area contributed by atoms with Gasteiger partial charge in [-0.3, -0.25) is 0 Å². The lowest BCUT2D eigenvalue weighted by atomic mass is 9.85. The minimum absolute atomic E-state index is 0.0237. The zero-order chi connectivity index (χ0) is 27.6. The summed E-state index contributed by atoms with van der Waals surface area (Å²) in [6.07, 6.45) is 7.19. The van der Waals surface area contributed by atoms with Crippen LogP contribution in [0.4, 0.5) is 5.69 Å². The van der Waals surface area contributed by atoms with Crippen molar-refractivity contribution in [2.24, 2.45) is 0 Å². The van der Waals surface area contributed by atoms with Gasteiger partial charge >= 0.3 is 0 Å². The van der Waals surface area contributed by atoms with E-state index in [-0.39, 0.29) is 6.04 Å². The second-order valence-corrected chi connectivity index (χ2v) is 11.7. The normalized spacial score (nSPS) is 21.1. The highest BCUT2D eigenvalue weighted by Crippen LogP contribution is 2.42. The molecule has 2 fully saturated rings. The van der Waals surface area contributed by atoms with Gasteiger partial charge in [0.2, 0.25) is 5.88 Å². The minimum atomic E-state index is 0.0237. The predicted octanol–water partition coefficient (Wildman–Crippen LogP) is 5.47. The number of pyridine rings is 1. The average Bonchev–Trinajstić information content (AvgIpc) is 3.39. The zero-order valence-electron chi connectivity index (χ0n) is 23.0. The van der Waals surface area contributed by atoms with E-state index in [2.05, 4.69) is 58.6 Å². The number of hydrogen-bond donors (Lipinski definition) is 1. The van der Waals surface area contributed by atoms with Gasteiger partial charge in [0.25, 0.3) is 0 Å².